The standard InChI is InChI=1S/C18H25NO2/c1-14(2)19-12-15-7-6-8-16(11-15)13-21-18-10-5-4-9-17(18)20-3/h5-8,10-11,14,19H,4,9,12-13H2,1-3H3. The smallest absolute Gasteiger partial charge is 0.157 e. The van der Waals surface area contributed by atoms with E-state index in [2.05, 4.69) is 49.5 Å². The van der Waals surface area contributed by atoms with Crippen LogP contribution in [0, 0.1) is 0 Å². The molecule has 0 saturated carbocycles. The van der Waals surface area contributed by atoms with Crippen LogP contribution in [0.4, 0.5) is 0 Å². The molecule has 0 atom stereocenters. The first-order valence-electron chi connectivity index (χ1n) is 7.56. The Balaban J connectivity index is 1.95. The lowest BCUT2D eigenvalue weighted by Gasteiger charge is -2.16. The molecule has 0 unspecified atom stereocenters. The van der Waals surface area contributed by atoms with Gasteiger partial charge in [0.15, 0.2) is 5.76 Å². The Kier molecular flexibility index (Phi) is 5.88. The van der Waals surface area contributed by atoms with Crippen LogP contribution in [-0.4, -0.2) is 13.2 Å². The van der Waals surface area contributed by atoms with E-state index in [0.717, 1.165) is 30.9 Å². The fourth-order valence-corrected chi connectivity index (χ4v) is 2.26. The van der Waals surface area contributed by atoms with Gasteiger partial charge < -0.3 is 14.8 Å². The van der Waals surface area contributed by atoms with Crippen LogP contribution in [0.3, 0.4) is 0 Å². The van der Waals surface area contributed by atoms with Crippen LogP contribution in [0.25, 0.3) is 0 Å². The number of benzene rings is 1. The third kappa shape index (κ3) is 4.94. The van der Waals surface area contributed by atoms with Gasteiger partial charge in [-0.15, -0.1) is 0 Å². The summed E-state index contributed by atoms with van der Waals surface area (Å²) < 4.78 is 11.3. The summed E-state index contributed by atoms with van der Waals surface area (Å²) in [5.74, 6) is 1.80. The predicted octanol–water partition coefficient (Wildman–Crippen LogP) is 3.91. The number of hydrogen-bond donors (Lipinski definition) is 1. The normalized spacial score (nSPS) is 14.7. The monoisotopic (exact) mass is 287 g/mol. The molecular formula is C18H25NO2. The Bertz CT molecular complexity index is 518. The van der Waals surface area contributed by atoms with Crippen molar-refractivity contribution >= 4 is 0 Å². The molecule has 1 aromatic carbocycles. The van der Waals surface area contributed by atoms with E-state index in [4.69, 9.17) is 9.47 Å². The van der Waals surface area contributed by atoms with Crippen LogP contribution < -0.4 is 5.32 Å². The molecule has 21 heavy (non-hydrogen) atoms. The van der Waals surface area contributed by atoms with Gasteiger partial charge in [-0.3, -0.25) is 0 Å². The van der Waals surface area contributed by atoms with Crippen LogP contribution in [0.1, 0.15) is 37.8 Å². The topological polar surface area (TPSA) is 30.5 Å². The highest BCUT2D eigenvalue weighted by Gasteiger charge is 2.10. The van der Waals surface area contributed by atoms with Crippen molar-refractivity contribution in [3.8, 4) is 0 Å². The number of hydrogen-bond acceptors (Lipinski definition) is 3. The number of rotatable bonds is 7. The fraction of sp³-hybridized carbons (Fsp3) is 0.444. The molecule has 1 aliphatic carbocycles. The molecule has 0 bridgehead atoms. The van der Waals surface area contributed by atoms with Crippen LogP contribution in [0.5, 0.6) is 0 Å². The minimum atomic E-state index is 0.492. The highest BCUT2D eigenvalue weighted by molar-refractivity contribution is 5.25. The average Bonchev–Trinajstić information content (AvgIpc) is 2.51. The fourth-order valence-electron chi connectivity index (χ4n) is 2.26. The lowest BCUT2D eigenvalue weighted by Crippen LogP contribution is -2.21. The molecule has 114 valence electrons. The van der Waals surface area contributed by atoms with Gasteiger partial charge in [0.1, 0.15) is 12.4 Å². The zero-order valence-corrected chi connectivity index (χ0v) is 13.2. The maximum absolute atomic E-state index is 5.90. The Morgan fingerprint density at radius 3 is 2.81 bits per heavy atom. The summed E-state index contributed by atoms with van der Waals surface area (Å²) >= 11 is 0. The van der Waals surface area contributed by atoms with Gasteiger partial charge in [-0.25, -0.2) is 0 Å². The van der Waals surface area contributed by atoms with Gasteiger partial charge in [-0.2, -0.15) is 0 Å². The van der Waals surface area contributed by atoms with Crippen LogP contribution >= 0.6 is 0 Å². The largest absolute Gasteiger partial charge is 0.497 e. The second kappa shape index (κ2) is 7.89. The first kappa shape index (κ1) is 15.6. The van der Waals surface area contributed by atoms with Crippen LogP contribution in [0.15, 0.2) is 47.9 Å². The summed E-state index contributed by atoms with van der Waals surface area (Å²) in [6, 6.07) is 9.00. The van der Waals surface area contributed by atoms with E-state index < -0.39 is 0 Å². The van der Waals surface area contributed by atoms with E-state index in [9.17, 15) is 0 Å². The second-order valence-electron chi connectivity index (χ2n) is 5.58. The predicted molar refractivity (Wildman–Crippen MR) is 85.6 cm³/mol. The molecule has 0 spiro atoms. The molecule has 0 aliphatic heterocycles. The Morgan fingerprint density at radius 1 is 1.24 bits per heavy atom. The van der Waals surface area contributed by atoms with Gasteiger partial charge in [0.25, 0.3) is 0 Å². The van der Waals surface area contributed by atoms with E-state index in [1.165, 1.54) is 11.1 Å². The van der Waals surface area contributed by atoms with Gasteiger partial charge >= 0.3 is 0 Å². The summed E-state index contributed by atoms with van der Waals surface area (Å²) in [6.45, 7) is 5.77. The summed E-state index contributed by atoms with van der Waals surface area (Å²) in [6.07, 6.45) is 6.07. The Hall–Kier alpha value is -1.74. The van der Waals surface area contributed by atoms with E-state index in [0.29, 0.717) is 12.6 Å². The minimum Gasteiger partial charge on any atom is -0.497 e. The molecule has 0 amide bonds. The van der Waals surface area contributed by atoms with Gasteiger partial charge in [0, 0.05) is 19.0 Å². The van der Waals surface area contributed by atoms with E-state index in [1.54, 1.807) is 7.11 Å². The molecule has 1 N–H and O–H groups in total. The van der Waals surface area contributed by atoms with Crippen molar-refractivity contribution in [3.05, 3.63) is 59.1 Å². The molecule has 1 aromatic rings. The molecule has 1 aliphatic rings. The SMILES string of the molecule is COC1=C(OCc2cccc(CNC(C)C)c2)C=CCC1. The molecule has 0 heterocycles. The zero-order valence-electron chi connectivity index (χ0n) is 13.2. The maximum atomic E-state index is 5.90. The lowest BCUT2D eigenvalue weighted by molar-refractivity contribution is 0.170. The van der Waals surface area contributed by atoms with E-state index in [1.807, 2.05) is 6.08 Å². The van der Waals surface area contributed by atoms with Crippen molar-refractivity contribution in [1.29, 1.82) is 0 Å². The first-order chi connectivity index (χ1) is 10.2. The first-order valence-corrected chi connectivity index (χ1v) is 7.56. The Morgan fingerprint density at radius 2 is 2.05 bits per heavy atom. The summed E-state index contributed by atoms with van der Waals surface area (Å²) in [5.41, 5.74) is 2.46. The van der Waals surface area contributed by atoms with Crippen molar-refractivity contribution in [3.63, 3.8) is 0 Å². The molecule has 0 radical (unpaired) electrons. The van der Waals surface area contributed by atoms with Gasteiger partial charge in [-0.05, 0) is 23.6 Å². The summed E-state index contributed by atoms with van der Waals surface area (Å²) in [7, 11) is 1.70. The van der Waals surface area contributed by atoms with Crippen molar-refractivity contribution in [2.45, 2.75) is 45.9 Å². The van der Waals surface area contributed by atoms with Crippen LogP contribution in [-0.2, 0) is 22.6 Å². The van der Waals surface area contributed by atoms with Crippen molar-refractivity contribution in [2.75, 3.05) is 7.11 Å². The highest BCUT2D eigenvalue weighted by Crippen LogP contribution is 2.21. The molecular weight excluding hydrogens is 262 g/mol. The van der Waals surface area contributed by atoms with Gasteiger partial charge in [0.05, 0.1) is 7.11 Å². The van der Waals surface area contributed by atoms with Crippen molar-refractivity contribution in [2.24, 2.45) is 0 Å². The number of methoxy groups -OCH3 is 1. The molecule has 0 aromatic heterocycles. The lowest BCUT2D eigenvalue weighted by atomic mass is 10.1. The maximum Gasteiger partial charge on any atom is 0.157 e. The number of nitrogens with one attached hydrogen (secondary N) is 1. The van der Waals surface area contributed by atoms with E-state index >= 15 is 0 Å². The number of ether oxygens (including phenoxy) is 2. The van der Waals surface area contributed by atoms with Crippen LogP contribution in [0.2, 0.25) is 0 Å². The quantitative estimate of drug-likeness (QED) is 0.825. The van der Waals surface area contributed by atoms with Gasteiger partial charge in [-0.1, -0.05) is 44.2 Å². The summed E-state index contributed by atoms with van der Waals surface area (Å²) in [5, 5.41) is 3.43. The minimum absolute atomic E-state index is 0.492. The third-order valence-electron chi connectivity index (χ3n) is 3.43. The highest BCUT2D eigenvalue weighted by atomic mass is 16.5. The average molecular weight is 287 g/mol. The van der Waals surface area contributed by atoms with Crippen molar-refractivity contribution < 1.29 is 9.47 Å². The van der Waals surface area contributed by atoms with E-state index in [-0.39, 0.29) is 0 Å². The van der Waals surface area contributed by atoms with Crippen molar-refractivity contribution in [1.82, 2.24) is 5.32 Å². The molecule has 3 heteroatoms. The molecule has 0 saturated heterocycles. The number of allylic oxidation sites excluding steroid dienone is 3. The molecule has 3 nitrogen and oxygen atoms in total. The summed E-state index contributed by atoms with van der Waals surface area (Å²) in [4.78, 5) is 0. The zero-order chi connectivity index (χ0) is 15.1. The van der Waals surface area contributed by atoms with Gasteiger partial charge in [0.2, 0.25) is 0 Å². The second-order valence-corrected chi connectivity index (χ2v) is 5.58. The molecule has 2 rings (SSSR count). The molecule has 0 fully saturated rings. The Labute approximate surface area is 127 Å². The third-order valence-corrected chi connectivity index (χ3v) is 3.43.